The Morgan fingerprint density at radius 2 is 1.16 bits per heavy atom. The van der Waals surface area contributed by atoms with Gasteiger partial charge in [-0.2, -0.15) is 0 Å². The van der Waals surface area contributed by atoms with E-state index in [0.29, 0.717) is 37.1 Å². The molecule has 0 heterocycles. The molecule has 2 amide bonds. The van der Waals surface area contributed by atoms with Crippen molar-refractivity contribution in [2.75, 3.05) is 26.9 Å². The minimum atomic E-state index is -0.610. The summed E-state index contributed by atoms with van der Waals surface area (Å²) in [7, 11) is 1.41. The van der Waals surface area contributed by atoms with Crippen LogP contribution >= 0.6 is 23.2 Å². The van der Waals surface area contributed by atoms with Crippen molar-refractivity contribution in [3.63, 3.8) is 0 Å². The van der Waals surface area contributed by atoms with Gasteiger partial charge in [0.1, 0.15) is 0 Å². The van der Waals surface area contributed by atoms with E-state index in [-0.39, 0.29) is 26.9 Å². The summed E-state index contributed by atoms with van der Waals surface area (Å²) in [6.07, 6.45) is 0. The zero-order chi connectivity index (χ0) is 23.0. The Bertz CT molecular complexity index is 901. The summed E-state index contributed by atoms with van der Waals surface area (Å²) in [6, 6.07) is 5.79. The fourth-order valence-electron chi connectivity index (χ4n) is 2.66. The quantitative estimate of drug-likeness (QED) is 0.531. The SMILES string of the molecule is CCOc1cc(C(=O)NNC(=O)c2cc(Cl)c(OC)c(Cl)c2)cc(OCC)c1OCC. The van der Waals surface area contributed by atoms with Gasteiger partial charge in [-0.3, -0.25) is 20.4 Å². The summed E-state index contributed by atoms with van der Waals surface area (Å²) < 4.78 is 21.9. The number of methoxy groups -OCH3 is 1. The van der Waals surface area contributed by atoms with Crippen molar-refractivity contribution in [2.24, 2.45) is 0 Å². The average molecular weight is 471 g/mol. The zero-order valence-corrected chi connectivity index (χ0v) is 19.1. The third-order valence-electron chi connectivity index (χ3n) is 3.93. The third kappa shape index (κ3) is 6.08. The lowest BCUT2D eigenvalue weighted by molar-refractivity contribution is 0.0846. The second-order valence-electron chi connectivity index (χ2n) is 5.98. The van der Waals surface area contributed by atoms with Gasteiger partial charge in [0.2, 0.25) is 5.75 Å². The molecule has 2 aromatic rings. The van der Waals surface area contributed by atoms with Gasteiger partial charge in [-0.1, -0.05) is 23.2 Å². The van der Waals surface area contributed by atoms with Gasteiger partial charge in [-0.25, -0.2) is 0 Å². The van der Waals surface area contributed by atoms with Gasteiger partial charge in [0.05, 0.1) is 37.0 Å². The molecule has 0 aliphatic heterocycles. The Morgan fingerprint density at radius 1 is 0.742 bits per heavy atom. The lowest BCUT2D eigenvalue weighted by Gasteiger charge is -2.17. The number of hydrogen-bond donors (Lipinski definition) is 2. The van der Waals surface area contributed by atoms with Crippen LogP contribution in [-0.4, -0.2) is 38.7 Å². The van der Waals surface area contributed by atoms with Crippen molar-refractivity contribution in [1.82, 2.24) is 10.9 Å². The molecule has 0 saturated carbocycles. The number of ether oxygens (including phenoxy) is 4. The molecule has 0 spiro atoms. The Kier molecular flexibility index (Phi) is 9.08. The van der Waals surface area contributed by atoms with Crippen molar-refractivity contribution in [3.05, 3.63) is 45.4 Å². The fourth-order valence-corrected chi connectivity index (χ4v) is 3.31. The van der Waals surface area contributed by atoms with E-state index < -0.39 is 11.8 Å². The van der Waals surface area contributed by atoms with Crippen molar-refractivity contribution >= 4 is 35.0 Å². The number of rotatable bonds is 9. The van der Waals surface area contributed by atoms with Gasteiger partial charge >= 0.3 is 0 Å². The van der Waals surface area contributed by atoms with E-state index in [0.717, 1.165) is 0 Å². The first-order valence-electron chi connectivity index (χ1n) is 9.56. The highest BCUT2D eigenvalue weighted by molar-refractivity contribution is 6.37. The zero-order valence-electron chi connectivity index (χ0n) is 17.6. The number of benzene rings is 2. The second-order valence-corrected chi connectivity index (χ2v) is 6.80. The number of hydrazine groups is 1. The molecule has 0 bridgehead atoms. The number of halogens is 2. The normalized spacial score (nSPS) is 10.3. The highest BCUT2D eigenvalue weighted by Gasteiger charge is 2.19. The Hall–Kier alpha value is -2.84. The molecule has 0 aliphatic rings. The van der Waals surface area contributed by atoms with Crippen molar-refractivity contribution in [3.8, 4) is 23.0 Å². The molecule has 0 saturated heterocycles. The molecule has 0 atom stereocenters. The minimum absolute atomic E-state index is 0.146. The predicted molar refractivity (Wildman–Crippen MR) is 118 cm³/mol. The van der Waals surface area contributed by atoms with E-state index in [9.17, 15) is 9.59 Å². The smallest absolute Gasteiger partial charge is 0.269 e. The van der Waals surface area contributed by atoms with Crippen LogP contribution in [0.25, 0.3) is 0 Å². The summed E-state index contributed by atoms with van der Waals surface area (Å²) in [4.78, 5) is 25.1. The lowest BCUT2D eigenvalue weighted by Crippen LogP contribution is -2.41. The summed E-state index contributed by atoms with van der Waals surface area (Å²) in [5.74, 6) is 0.199. The van der Waals surface area contributed by atoms with E-state index >= 15 is 0 Å². The largest absolute Gasteiger partial charge is 0.494 e. The number of hydrogen-bond acceptors (Lipinski definition) is 6. The average Bonchev–Trinajstić information content (AvgIpc) is 2.73. The van der Waals surface area contributed by atoms with Crippen LogP contribution in [0.1, 0.15) is 41.5 Å². The first-order chi connectivity index (χ1) is 14.9. The lowest BCUT2D eigenvalue weighted by atomic mass is 10.1. The molecule has 0 aliphatic carbocycles. The van der Waals surface area contributed by atoms with E-state index in [4.69, 9.17) is 42.1 Å². The van der Waals surface area contributed by atoms with E-state index in [2.05, 4.69) is 10.9 Å². The Balaban J connectivity index is 2.22. The van der Waals surface area contributed by atoms with Gasteiger partial charge in [0.25, 0.3) is 11.8 Å². The van der Waals surface area contributed by atoms with Crippen LogP contribution in [0.4, 0.5) is 0 Å². The first-order valence-corrected chi connectivity index (χ1v) is 10.3. The maximum absolute atomic E-state index is 12.6. The molecule has 2 N–H and O–H groups in total. The van der Waals surface area contributed by atoms with Crippen LogP contribution < -0.4 is 29.8 Å². The van der Waals surface area contributed by atoms with Crippen LogP contribution in [0.2, 0.25) is 10.0 Å². The summed E-state index contributed by atoms with van der Waals surface area (Å²) in [5.41, 5.74) is 5.03. The van der Waals surface area contributed by atoms with E-state index in [1.165, 1.54) is 31.4 Å². The molecule has 0 radical (unpaired) electrons. The minimum Gasteiger partial charge on any atom is -0.494 e. The van der Waals surface area contributed by atoms with E-state index in [1.54, 1.807) is 0 Å². The highest BCUT2D eigenvalue weighted by atomic mass is 35.5. The van der Waals surface area contributed by atoms with Crippen LogP contribution in [0.15, 0.2) is 24.3 Å². The molecule has 8 nitrogen and oxygen atoms in total. The molecule has 168 valence electrons. The predicted octanol–water partition coefficient (Wildman–Crippen LogP) is 4.27. The molecule has 0 fully saturated rings. The third-order valence-corrected chi connectivity index (χ3v) is 4.49. The van der Waals surface area contributed by atoms with Crippen LogP contribution in [0.5, 0.6) is 23.0 Å². The molecule has 2 rings (SSSR count). The number of carbonyl (C=O) groups excluding carboxylic acids is 2. The monoisotopic (exact) mass is 470 g/mol. The van der Waals surface area contributed by atoms with Crippen molar-refractivity contribution < 1.29 is 28.5 Å². The highest BCUT2D eigenvalue weighted by Crippen LogP contribution is 2.39. The molecule has 0 aromatic heterocycles. The molecule has 2 aromatic carbocycles. The molecular weight excluding hydrogens is 447 g/mol. The van der Waals surface area contributed by atoms with Crippen LogP contribution in [-0.2, 0) is 0 Å². The topological polar surface area (TPSA) is 95.1 Å². The Morgan fingerprint density at radius 3 is 1.55 bits per heavy atom. The van der Waals surface area contributed by atoms with Crippen LogP contribution in [0, 0.1) is 0 Å². The standard InChI is InChI=1S/C21H24Cl2N2O6/c1-5-29-16-10-13(11-17(30-6-2)19(16)31-7-3)21(27)25-24-20(26)12-8-14(22)18(28-4)15(23)9-12/h8-11H,5-7H2,1-4H3,(H,24,26)(H,25,27). The summed E-state index contributed by atoms with van der Waals surface area (Å²) in [5, 5.41) is 0.335. The number of amides is 2. The van der Waals surface area contributed by atoms with E-state index in [1.807, 2.05) is 20.8 Å². The summed E-state index contributed by atoms with van der Waals surface area (Å²) >= 11 is 12.1. The second kappa shape index (κ2) is 11.5. The van der Waals surface area contributed by atoms with Gasteiger partial charge in [-0.15, -0.1) is 0 Å². The van der Waals surface area contributed by atoms with Gasteiger partial charge in [-0.05, 0) is 45.0 Å². The van der Waals surface area contributed by atoms with Crippen molar-refractivity contribution in [2.45, 2.75) is 20.8 Å². The van der Waals surface area contributed by atoms with Crippen molar-refractivity contribution in [1.29, 1.82) is 0 Å². The Labute approximate surface area is 190 Å². The first kappa shape index (κ1) is 24.4. The fraction of sp³-hybridized carbons (Fsp3) is 0.333. The molecule has 31 heavy (non-hydrogen) atoms. The van der Waals surface area contributed by atoms with Gasteiger partial charge < -0.3 is 18.9 Å². The number of carbonyl (C=O) groups is 2. The molecule has 0 unspecified atom stereocenters. The number of nitrogens with one attached hydrogen (secondary N) is 2. The maximum Gasteiger partial charge on any atom is 0.269 e. The summed E-state index contributed by atoms with van der Waals surface area (Å²) in [6.45, 7) is 6.59. The van der Waals surface area contributed by atoms with Gasteiger partial charge in [0, 0.05) is 11.1 Å². The van der Waals surface area contributed by atoms with Gasteiger partial charge in [0.15, 0.2) is 17.2 Å². The molecule has 10 heteroatoms. The molecular formula is C21H24Cl2N2O6. The maximum atomic E-state index is 12.6. The van der Waals surface area contributed by atoms with Crippen LogP contribution in [0.3, 0.4) is 0 Å².